The Labute approximate surface area is 246 Å². The van der Waals surface area contributed by atoms with E-state index in [9.17, 15) is 19.2 Å². The van der Waals surface area contributed by atoms with Gasteiger partial charge in [-0.3, -0.25) is 19.2 Å². The summed E-state index contributed by atoms with van der Waals surface area (Å²) in [7, 11) is 3.29. The summed E-state index contributed by atoms with van der Waals surface area (Å²) >= 11 is 0. The van der Waals surface area contributed by atoms with Crippen LogP contribution in [-0.2, 0) is 32.6 Å². The van der Waals surface area contributed by atoms with Crippen LogP contribution in [0.3, 0.4) is 0 Å². The van der Waals surface area contributed by atoms with Crippen LogP contribution >= 0.6 is 0 Å². The molecule has 2 aromatic rings. The number of fused-ring (bicyclic) bond motifs is 2. The minimum atomic E-state index is -0.970. The number of hydrogen-bond acceptors (Lipinski definition) is 8. The van der Waals surface area contributed by atoms with E-state index in [1.165, 1.54) is 7.11 Å². The molecule has 42 heavy (non-hydrogen) atoms. The molecule has 1 aliphatic carbocycles. The summed E-state index contributed by atoms with van der Waals surface area (Å²) in [5, 5.41) is 5.78. The number of methoxy groups -OCH3 is 1. The maximum Gasteiger partial charge on any atom is 0.314 e. The van der Waals surface area contributed by atoms with Crippen LogP contribution in [0.2, 0.25) is 0 Å². The van der Waals surface area contributed by atoms with E-state index >= 15 is 0 Å². The number of carbonyl (C=O) groups excluding carboxylic acids is 4. The second-order valence-electron chi connectivity index (χ2n) is 11.0. The summed E-state index contributed by atoms with van der Waals surface area (Å²) in [5.41, 5.74) is 0.117. The first kappa shape index (κ1) is 30.9. The molecule has 2 heterocycles. The van der Waals surface area contributed by atoms with Crippen molar-refractivity contribution in [3.63, 3.8) is 0 Å². The van der Waals surface area contributed by atoms with Crippen LogP contribution in [0.15, 0.2) is 30.7 Å². The first-order valence-electron chi connectivity index (χ1n) is 14.5. The van der Waals surface area contributed by atoms with Gasteiger partial charge in [0.2, 0.25) is 5.91 Å². The minimum Gasteiger partial charge on any atom is -0.493 e. The van der Waals surface area contributed by atoms with Gasteiger partial charge in [-0.05, 0) is 49.8 Å². The van der Waals surface area contributed by atoms with Gasteiger partial charge in [-0.1, -0.05) is 18.9 Å². The summed E-state index contributed by atoms with van der Waals surface area (Å²) in [5.74, 6) is -0.00922. The highest BCUT2D eigenvalue weighted by Gasteiger charge is 2.44. The first-order valence-corrected chi connectivity index (χ1v) is 14.5. The highest BCUT2D eigenvalue weighted by Crippen LogP contribution is 2.43. The number of hydrogen-bond donors (Lipinski definition) is 2. The number of nitrogens with one attached hydrogen (secondary N) is 2. The maximum absolute atomic E-state index is 13.5. The first-order chi connectivity index (χ1) is 20.2. The summed E-state index contributed by atoms with van der Waals surface area (Å²) in [6.45, 7) is 2.60. The number of amides is 3. The van der Waals surface area contributed by atoms with Crippen molar-refractivity contribution in [1.29, 1.82) is 0 Å². The lowest BCUT2D eigenvalue weighted by atomic mass is 9.76. The van der Waals surface area contributed by atoms with Crippen LogP contribution in [0.5, 0.6) is 11.5 Å². The van der Waals surface area contributed by atoms with E-state index in [1.807, 2.05) is 6.07 Å². The maximum atomic E-state index is 13.5. The topological polar surface area (TPSA) is 141 Å². The monoisotopic (exact) mass is 583 g/mol. The Balaban J connectivity index is 1.60. The van der Waals surface area contributed by atoms with Crippen LogP contribution < -0.4 is 20.1 Å². The number of ether oxygens (including phenoxy) is 3. The smallest absolute Gasteiger partial charge is 0.314 e. The SMILES string of the molecule is CCOC(=O)C1(CC2CC2)CNC(=O)CCCN(C(=O)c2cn(C)cn2)CCNC(=O)COc2cc(ccc2OC)C1. The van der Waals surface area contributed by atoms with Gasteiger partial charge >= 0.3 is 5.97 Å². The van der Waals surface area contributed by atoms with Crippen LogP contribution in [0.25, 0.3) is 0 Å². The van der Waals surface area contributed by atoms with Crippen molar-refractivity contribution >= 4 is 23.7 Å². The third-order valence-electron chi connectivity index (χ3n) is 7.59. The Morgan fingerprint density at radius 3 is 2.67 bits per heavy atom. The van der Waals surface area contributed by atoms with E-state index in [4.69, 9.17) is 14.2 Å². The average molecular weight is 584 g/mol. The molecule has 1 aliphatic heterocycles. The Morgan fingerprint density at radius 2 is 1.98 bits per heavy atom. The number of esters is 1. The van der Waals surface area contributed by atoms with Gasteiger partial charge in [0.25, 0.3) is 11.8 Å². The molecule has 1 unspecified atom stereocenters. The van der Waals surface area contributed by atoms with E-state index in [-0.39, 0.29) is 68.7 Å². The third-order valence-corrected chi connectivity index (χ3v) is 7.59. The standard InChI is InChI=1S/C30H41N5O7/c1-4-41-29(39)30(15-21-7-8-21)16-22-9-10-24(40-3)25(14-22)42-18-27(37)31-11-13-35(12-5-6-26(36)32-19-30)28(38)23-17-34(2)20-33-23/h9-10,14,17,20-21H,4-8,11-13,15-16,18-19H2,1-3H3,(H,31,37)(H,32,36). The highest BCUT2D eigenvalue weighted by molar-refractivity contribution is 5.92. The molecule has 1 aromatic carbocycles. The van der Waals surface area contributed by atoms with Gasteiger partial charge in [-0.25, -0.2) is 4.98 Å². The van der Waals surface area contributed by atoms with E-state index in [0.717, 1.165) is 18.4 Å². The van der Waals surface area contributed by atoms with Crippen molar-refractivity contribution in [2.45, 2.75) is 45.4 Å². The van der Waals surface area contributed by atoms with Crippen LogP contribution in [0.4, 0.5) is 0 Å². The molecule has 12 nitrogen and oxygen atoms in total. The lowest BCUT2D eigenvalue weighted by Crippen LogP contribution is -2.46. The zero-order valence-electron chi connectivity index (χ0n) is 24.6. The quantitative estimate of drug-likeness (QED) is 0.491. The van der Waals surface area contributed by atoms with Crippen LogP contribution in [-0.4, -0.2) is 84.6 Å². The molecule has 3 amide bonds. The molecule has 1 saturated carbocycles. The average Bonchev–Trinajstić information content (AvgIpc) is 3.68. The molecule has 1 fully saturated rings. The molecule has 228 valence electrons. The highest BCUT2D eigenvalue weighted by atomic mass is 16.5. The van der Waals surface area contributed by atoms with Gasteiger partial charge in [-0.15, -0.1) is 0 Å². The van der Waals surface area contributed by atoms with Gasteiger partial charge in [0.15, 0.2) is 18.1 Å². The van der Waals surface area contributed by atoms with Gasteiger partial charge in [0, 0.05) is 45.8 Å². The number of benzene rings is 1. The van der Waals surface area contributed by atoms with E-state index in [0.29, 0.717) is 43.2 Å². The fourth-order valence-electron chi connectivity index (χ4n) is 5.24. The van der Waals surface area contributed by atoms with Crippen molar-refractivity contribution < 1.29 is 33.4 Å². The molecular weight excluding hydrogens is 542 g/mol. The molecule has 0 spiro atoms. The summed E-state index contributed by atoms with van der Waals surface area (Å²) < 4.78 is 18.5. The summed E-state index contributed by atoms with van der Waals surface area (Å²) in [4.78, 5) is 58.0. The van der Waals surface area contributed by atoms with E-state index in [2.05, 4.69) is 15.6 Å². The van der Waals surface area contributed by atoms with Crippen LogP contribution in [0.1, 0.15) is 55.1 Å². The van der Waals surface area contributed by atoms with Crippen molar-refractivity contribution in [1.82, 2.24) is 25.1 Å². The van der Waals surface area contributed by atoms with Crippen molar-refractivity contribution in [2.24, 2.45) is 18.4 Å². The lowest BCUT2D eigenvalue weighted by molar-refractivity contribution is -0.156. The van der Waals surface area contributed by atoms with E-state index in [1.54, 1.807) is 48.1 Å². The fraction of sp³-hybridized carbons (Fsp3) is 0.567. The van der Waals surface area contributed by atoms with Crippen LogP contribution in [0, 0.1) is 11.3 Å². The van der Waals surface area contributed by atoms with Crippen molar-refractivity contribution in [3.05, 3.63) is 42.0 Å². The Bertz CT molecular complexity index is 1270. The number of nitrogens with zero attached hydrogens (tertiary/aromatic N) is 3. The van der Waals surface area contributed by atoms with Gasteiger partial charge in [0.1, 0.15) is 5.69 Å². The number of rotatable bonds is 6. The molecular formula is C30H41N5O7. The van der Waals surface area contributed by atoms with Gasteiger partial charge < -0.3 is 34.3 Å². The minimum absolute atomic E-state index is 0.127. The third kappa shape index (κ3) is 8.23. The number of carbonyl (C=O) groups is 4. The predicted molar refractivity (Wildman–Crippen MR) is 153 cm³/mol. The van der Waals surface area contributed by atoms with Crippen molar-refractivity contribution in [3.8, 4) is 11.5 Å². The summed E-state index contributed by atoms with van der Waals surface area (Å²) in [6, 6.07) is 5.37. The molecule has 2 aliphatic rings. The molecule has 12 heteroatoms. The number of aryl methyl sites for hydroxylation is 1. The largest absolute Gasteiger partial charge is 0.493 e. The zero-order valence-corrected chi connectivity index (χ0v) is 24.6. The second-order valence-corrected chi connectivity index (χ2v) is 11.0. The molecule has 1 aromatic heterocycles. The summed E-state index contributed by atoms with van der Waals surface area (Å²) in [6.07, 6.45) is 6.71. The molecule has 0 saturated heterocycles. The Kier molecular flexibility index (Phi) is 10.4. The molecule has 2 N–H and O–H groups in total. The molecule has 1 atom stereocenters. The number of imidazole rings is 1. The van der Waals surface area contributed by atoms with Crippen molar-refractivity contribution in [2.75, 3.05) is 46.5 Å². The van der Waals surface area contributed by atoms with Gasteiger partial charge in [0.05, 0.1) is 25.5 Å². The molecule has 2 bridgehead atoms. The van der Waals surface area contributed by atoms with E-state index < -0.39 is 5.41 Å². The predicted octanol–water partition coefficient (Wildman–Crippen LogP) is 1.87. The molecule has 0 radical (unpaired) electrons. The Hall–Kier alpha value is -4.09. The fourth-order valence-corrected chi connectivity index (χ4v) is 5.24. The number of aromatic nitrogens is 2. The zero-order chi connectivity index (χ0) is 30.1. The molecule has 4 rings (SSSR count). The second kappa shape index (κ2) is 14.2. The van der Waals surface area contributed by atoms with Gasteiger partial charge in [-0.2, -0.15) is 0 Å². The lowest BCUT2D eigenvalue weighted by Gasteiger charge is -2.32. The normalized spacial score (nSPS) is 20.8. The Morgan fingerprint density at radius 1 is 1.17 bits per heavy atom.